The van der Waals surface area contributed by atoms with Crippen molar-refractivity contribution in [1.29, 1.82) is 0 Å². The van der Waals surface area contributed by atoms with Crippen LogP contribution in [0.25, 0.3) is 0 Å². The summed E-state index contributed by atoms with van der Waals surface area (Å²) in [6.45, 7) is 2.07. The highest BCUT2D eigenvalue weighted by molar-refractivity contribution is 5.77. The zero-order chi connectivity index (χ0) is 7.56. The van der Waals surface area contributed by atoms with Crippen LogP contribution in [-0.2, 0) is 4.79 Å². The van der Waals surface area contributed by atoms with Gasteiger partial charge in [-0.2, -0.15) is 0 Å². The minimum Gasteiger partial charge on any atom is -0.369 e. The van der Waals surface area contributed by atoms with Gasteiger partial charge in [0.25, 0.3) is 0 Å². The van der Waals surface area contributed by atoms with Crippen molar-refractivity contribution < 1.29 is 4.79 Å². The Labute approximate surface area is 61.1 Å². The van der Waals surface area contributed by atoms with Gasteiger partial charge >= 0.3 is 0 Å². The molecule has 0 saturated carbocycles. The van der Waals surface area contributed by atoms with Gasteiger partial charge < -0.3 is 5.73 Å². The Kier molecular flexibility index (Phi) is 2.10. The summed E-state index contributed by atoms with van der Waals surface area (Å²) >= 11 is 0. The van der Waals surface area contributed by atoms with Gasteiger partial charge in [0, 0.05) is 5.92 Å². The largest absolute Gasteiger partial charge is 0.369 e. The van der Waals surface area contributed by atoms with Crippen LogP contribution in [0, 0.1) is 11.8 Å². The van der Waals surface area contributed by atoms with E-state index in [1.807, 2.05) is 6.08 Å². The second kappa shape index (κ2) is 2.86. The molecule has 0 spiro atoms. The molecule has 0 fully saturated rings. The van der Waals surface area contributed by atoms with Crippen molar-refractivity contribution in [3.8, 4) is 0 Å². The predicted octanol–water partition coefficient (Wildman–Crippen LogP) is 1.07. The first-order valence-corrected chi connectivity index (χ1v) is 3.66. The minimum absolute atomic E-state index is 0.0741. The number of carbonyl (C=O) groups is 1. The van der Waals surface area contributed by atoms with Crippen LogP contribution >= 0.6 is 0 Å². The normalized spacial score (nSPS) is 32.1. The van der Waals surface area contributed by atoms with Crippen molar-refractivity contribution in [1.82, 2.24) is 0 Å². The molecule has 2 heteroatoms. The predicted molar refractivity (Wildman–Crippen MR) is 40.2 cm³/mol. The zero-order valence-corrected chi connectivity index (χ0v) is 6.21. The number of hydrogen-bond donors (Lipinski definition) is 1. The van der Waals surface area contributed by atoms with Crippen LogP contribution in [0.2, 0.25) is 0 Å². The number of carbonyl (C=O) groups excluding carboxylic acids is 1. The Morgan fingerprint density at radius 3 is 2.50 bits per heavy atom. The molecule has 0 radical (unpaired) electrons. The fraction of sp³-hybridized carbons (Fsp3) is 0.625. The number of hydrogen-bond acceptors (Lipinski definition) is 1. The quantitative estimate of drug-likeness (QED) is 0.542. The lowest BCUT2D eigenvalue weighted by Gasteiger charge is -2.21. The molecule has 0 aliphatic heterocycles. The lowest BCUT2D eigenvalue weighted by Crippen LogP contribution is -2.29. The van der Waals surface area contributed by atoms with Crippen molar-refractivity contribution in [2.45, 2.75) is 19.8 Å². The third-order valence-electron chi connectivity index (χ3n) is 2.12. The van der Waals surface area contributed by atoms with E-state index in [1.54, 1.807) is 0 Å². The Morgan fingerprint density at radius 1 is 1.50 bits per heavy atom. The maximum atomic E-state index is 10.8. The number of allylic oxidation sites excluding steroid dienone is 2. The second-order valence-corrected chi connectivity index (χ2v) is 2.93. The summed E-state index contributed by atoms with van der Waals surface area (Å²) in [5, 5.41) is 0. The second-order valence-electron chi connectivity index (χ2n) is 2.93. The Hall–Kier alpha value is -0.790. The monoisotopic (exact) mass is 139 g/mol. The number of rotatable bonds is 1. The Bertz CT molecular complexity index is 163. The van der Waals surface area contributed by atoms with Crippen LogP contribution in [0.3, 0.4) is 0 Å². The standard InChI is InChI=1S/C8H13NO/c1-6-4-2-3-5-7(6)8(9)10/h2-3,6-7H,4-5H2,1H3,(H2,9,10)/t6-,7-/m0/s1. The van der Waals surface area contributed by atoms with E-state index in [9.17, 15) is 4.79 Å². The fourth-order valence-corrected chi connectivity index (χ4v) is 1.35. The molecule has 56 valence electrons. The number of nitrogens with two attached hydrogens (primary N) is 1. The molecule has 0 aromatic heterocycles. The minimum atomic E-state index is -0.156. The van der Waals surface area contributed by atoms with Crippen LogP contribution in [0.1, 0.15) is 19.8 Å². The molecule has 0 aromatic carbocycles. The highest BCUT2D eigenvalue weighted by Crippen LogP contribution is 2.23. The van der Waals surface area contributed by atoms with Crippen molar-refractivity contribution in [3.05, 3.63) is 12.2 Å². The van der Waals surface area contributed by atoms with Crippen LogP contribution < -0.4 is 5.73 Å². The topological polar surface area (TPSA) is 43.1 Å². The molecule has 0 bridgehead atoms. The lowest BCUT2D eigenvalue weighted by atomic mass is 9.84. The van der Waals surface area contributed by atoms with Crippen molar-refractivity contribution >= 4 is 5.91 Å². The maximum absolute atomic E-state index is 10.8. The average molecular weight is 139 g/mol. The molecule has 2 N–H and O–H groups in total. The van der Waals surface area contributed by atoms with Gasteiger partial charge in [-0.3, -0.25) is 4.79 Å². The Balaban J connectivity index is 2.59. The maximum Gasteiger partial charge on any atom is 0.221 e. The van der Waals surface area contributed by atoms with Gasteiger partial charge in [-0.05, 0) is 18.8 Å². The Morgan fingerprint density at radius 2 is 2.10 bits per heavy atom. The number of primary amides is 1. The summed E-state index contributed by atoms with van der Waals surface area (Å²) in [4.78, 5) is 10.8. The van der Waals surface area contributed by atoms with Gasteiger partial charge in [-0.15, -0.1) is 0 Å². The van der Waals surface area contributed by atoms with Gasteiger partial charge in [0.2, 0.25) is 5.91 Å². The summed E-state index contributed by atoms with van der Waals surface area (Å²) in [6.07, 6.45) is 5.98. The van der Waals surface area contributed by atoms with Crippen molar-refractivity contribution in [3.63, 3.8) is 0 Å². The molecule has 1 amide bonds. The molecule has 0 unspecified atom stereocenters. The molecule has 1 rings (SSSR count). The van der Waals surface area contributed by atoms with Gasteiger partial charge in [-0.1, -0.05) is 19.1 Å². The summed E-state index contributed by atoms with van der Waals surface area (Å²) in [6, 6.07) is 0. The molecule has 2 atom stereocenters. The van der Waals surface area contributed by atoms with E-state index in [0.717, 1.165) is 12.8 Å². The third kappa shape index (κ3) is 1.38. The molecule has 2 nitrogen and oxygen atoms in total. The van der Waals surface area contributed by atoms with E-state index in [-0.39, 0.29) is 11.8 Å². The average Bonchev–Trinajstić information content (AvgIpc) is 1.88. The molecular formula is C8H13NO. The van der Waals surface area contributed by atoms with Gasteiger partial charge in [0.15, 0.2) is 0 Å². The van der Waals surface area contributed by atoms with Crippen LogP contribution in [-0.4, -0.2) is 5.91 Å². The van der Waals surface area contributed by atoms with E-state index in [4.69, 9.17) is 5.73 Å². The first-order valence-electron chi connectivity index (χ1n) is 3.66. The molecule has 0 saturated heterocycles. The summed E-state index contributed by atoms with van der Waals surface area (Å²) in [5.41, 5.74) is 5.18. The highest BCUT2D eigenvalue weighted by Gasteiger charge is 2.22. The van der Waals surface area contributed by atoms with Gasteiger partial charge in [0.05, 0.1) is 0 Å². The molecule has 10 heavy (non-hydrogen) atoms. The first kappa shape index (κ1) is 7.32. The van der Waals surface area contributed by atoms with E-state index in [0.29, 0.717) is 5.92 Å². The molecule has 1 aliphatic rings. The SMILES string of the molecule is C[C@H]1CC=CC[C@@H]1C(N)=O. The van der Waals surface area contributed by atoms with Crippen molar-refractivity contribution in [2.24, 2.45) is 17.6 Å². The summed E-state index contributed by atoms with van der Waals surface area (Å²) < 4.78 is 0. The van der Waals surface area contributed by atoms with E-state index in [1.165, 1.54) is 0 Å². The molecule has 0 aromatic rings. The van der Waals surface area contributed by atoms with Crippen LogP contribution in [0.4, 0.5) is 0 Å². The third-order valence-corrected chi connectivity index (χ3v) is 2.12. The molecule has 1 aliphatic carbocycles. The zero-order valence-electron chi connectivity index (χ0n) is 6.21. The fourth-order valence-electron chi connectivity index (χ4n) is 1.35. The summed E-state index contributed by atoms with van der Waals surface area (Å²) in [5.74, 6) is 0.351. The molecule has 0 heterocycles. The van der Waals surface area contributed by atoms with E-state index in [2.05, 4.69) is 13.0 Å². The van der Waals surface area contributed by atoms with Crippen LogP contribution in [0.5, 0.6) is 0 Å². The molecular weight excluding hydrogens is 126 g/mol. The lowest BCUT2D eigenvalue weighted by molar-refractivity contribution is -0.123. The highest BCUT2D eigenvalue weighted by atomic mass is 16.1. The first-order chi connectivity index (χ1) is 4.72. The van der Waals surface area contributed by atoms with Gasteiger partial charge in [0.1, 0.15) is 0 Å². The van der Waals surface area contributed by atoms with E-state index >= 15 is 0 Å². The number of amides is 1. The smallest absolute Gasteiger partial charge is 0.221 e. The van der Waals surface area contributed by atoms with Crippen molar-refractivity contribution in [2.75, 3.05) is 0 Å². The van der Waals surface area contributed by atoms with E-state index < -0.39 is 0 Å². The summed E-state index contributed by atoms with van der Waals surface area (Å²) in [7, 11) is 0. The van der Waals surface area contributed by atoms with Gasteiger partial charge in [-0.25, -0.2) is 0 Å². The van der Waals surface area contributed by atoms with Crippen LogP contribution in [0.15, 0.2) is 12.2 Å².